The number of benzene rings is 2. The van der Waals surface area contributed by atoms with Gasteiger partial charge in [-0.15, -0.1) is 0 Å². The Hall–Kier alpha value is -2.07. The van der Waals surface area contributed by atoms with Gasteiger partial charge in [-0.1, -0.05) is 17.7 Å². The Balaban J connectivity index is 1.96. The first-order valence-electron chi connectivity index (χ1n) is 6.67. The van der Waals surface area contributed by atoms with Crippen molar-refractivity contribution in [2.75, 3.05) is 10.6 Å². The maximum absolute atomic E-state index is 13.1. The van der Waals surface area contributed by atoms with Crippen molar-refractivity contribution in [3.8, 4) is 0 Å². The van der Waals surface area contributed by atoms with E-state index in [-0.39, 0.29) is 11.7 Å². The molecule has 21 heavy (non-hydrogen) atoms. The average molecular weight is 305 g/mol. The first-order valence-corrected chi connectivity index (χ1v) is 7.05. The maximum Gasteiger partial charge on any atom is 0.227 e. The summed E-state index contributed by atoms with van der Waals surface area (Å²) in [5.74, 6) is -0.352. The number of aryl methyl sites for hydroxylation is 1. The summed E-state index contributed by atoms with van der Waals surface area (Å²) in [6.07, 6.45) is 1.13. The van der Waals surface area contributed by atoms with Crippen molar-refractivity contribution in [1.82, 2.24) is 0 Å². The Labute approximate surface area is 127 Å². The second-order valence-electron chi connectivity index (χ2n) is 5.10. The summed E-state index contributed by atoms with van der Waals surface area (Å²) in [5.41, 5.74) is 9.09. The number of fused-ring (bicyclic) bond motifs is 1. The van der Waals surface area contributed by atoms with Crippen LogP contribution in [0.5, 0.6) is 0 Å². The van der Waals surface area contributed by atoms with Gasteiger partial charge in [0, 0.05) is 22.8 Å². The molecule has 2 aromatic carbocycles. The van der Waals surface area contributed by atoms with Crippen LogP contribution >= 0.6 is 11.6 Å². The van der Waals surface area contributed by atoms with E-state index in [4.69, 9.17) is 17.3 Å². The fourth-order valence-electron chi connectivity index (χ4n) is 2.57. The third-order valence-corrected chi connectivity index (χ3v) is 4.00. The van der Waals surface area contributed by atoms with Crippen LogP contribution in [0.2, 0.25) is 5.02 Å². The van der Waals surface area contributed by atoms with Crippen LogP contribution in [0.1, 0.15) is 17.5 Å². The van der Waals surface area contributed by atoms with Gasteiger partial charge >= 0.3 is 0 Å². The summed E-state index contributed by atoms with van der Waals surface area (Å²) in [7, 11) is 0. The zero-order valence-corrected chi connectivity index (χ0v) is 12.0. The Kier molecular flexibility index (Phi) is 3.55. The molecule has 2 aromatic rings. The molecule has 1 amide bonds. The van der Waals surface area contributed by atoms with Crippen LogP contribution in [0.25, 0.3) is 0 Å². The molecule has 0 fully saturated rings. The van der Waals surface area contributed by atoms with Crippen molar-refractivity contribution >= 4 is 28.9 Å². The van der Waals surface area contributed by atoms with E-state index in [1.54, 1.807) is 17.0 Å². The molecule has 0 radical (unpaired) electrons. The van der Waals surface area contributed by atoms with Crippen molar-refractivity contribution in [3.63, 3.8) is 0 Å². The van der Waals surface area contributed by atoms with Crippen LogP contribution in [-0.4, -0.2) is 5.91 Å². The largest absolute Gasteiger partial charge is 0.399 e. The third kappa shape index (κ3) is 2.72. The number of anilines is 2. The SMILES string of the molecule is Nc1ccc2c(c1)CCC(=O)N2Cc1ccc(F)cc1Cl. The number of carbonyl (C=O) groups excluding carboxylic acids is 1. The van der Waals surface area contributed by atoms with Crippen LogP contribution in [0.4, 0.5) is 15.8 Å². The van der Waals surface area contributed by atoms with E-state index in [1.165, 1.54) is 12.1 Å². The number of nitrogens with zero attached hydrogens (tertiary/aromatic N) is 1. The zero-order valence-electron chi connectivity index (χ0n) is 11.3. The topological polar surface area (TPSA) is 46.3 Å². The number of hydrogen-bond donors (Lipinski definition) is 1. The molecule has 0 aliphatic carbocycles. The highest BCUT2D eigenvalue weighted by Crippen LogP contribution is 2.32. The summed E-state index contributed by atoms with van der Waals surface area (Å²) in [6.45, 7) is 0.328. The second-order valence-corrected chi connectivity index (χ2v) is 5.51. The third-order valence-electron chi connectivity index (χ3n) is 3.65. The minimum atomic E-state index is -0.387. The predicted octanol–water partition coefficient (Wildman–Crippen LogP) is 3.54. The van der Waals surface area contributed by atoms with Gasteiger partial charge in [-0.05, 0) is 47.9 Å². The molecule has 0 aromatic heterocycles. The molecule has 0 spiro atoms. The van der Waals surface area contributed by atoms with Crippen molar-refractivity contribution in [2.45, 2.75) is 19.4 Å². The van der Waals surface area contributed by atoms with Gasteiger partial charge in [0.15, 0.2) is 0 Å². The molecule has 3 rings (SSSR count). The lowest BCUT2D eigenvalue weighted by Crippen LogP contribution is -2.34. The lowest BCUT2D eigenvalue weighted by Gasteiger charge is -2.30. The minimum Gasteiger partial charge on any atom is -0.399 e. The summed E-state index contributed by atoms with van der Waals surface area (Å²) in [6, 6.07) is 9.72. The molecule has 0 saturated carbocycles. The maximum atomic E-state index is 13.1. The molecule has 5 heteroatoms. The molecule has 2 N–H and O–H groups in total. The van der Waals surface area contributed by atoms with Crippen molar-refractivity contribution in [2.24, 2.45) is 0 Å². The van der Waals surface area contributed by atoms with E-state index in [2.05, 4.69) is 0 Å². The van der Waals surface area contributed by atoms with Gasteiger partial charge in [0.05, 0.1) is 6.54 Å². The molecule has 1 aliphatic rings. The molecule has 0 bridgehead atoms. The molecule has 0 atom stereocenters. The number of nitrogen functional groups attached to an aromatic ring is 1. The standard InChI is InChI=1S/C16H14ClFN2O/c17-14-8-12(18)3-1-11(14)9-20-15-5-4-13(19)7-10(15)2-6-16(20)21/h1,3-5,7-8H,2,6,9,19H2. The molecule has 1 aliphatic heterocycles. The second kappa shape index (κ2) is 5.37. The van der Waals surface area contributed by atoms with E-state index in [1.807, 2.05) is 12.1 Å². The quantitative estimate of drug-likeness (QED) is 0.863. The first kappa shape index (κ1) is 13.9. The lowest BCUT2D eigenvalue weighted by molar-refractivity contribution is -0.119. The Morgan fingerprint density at radius 1 is 1.19 bits per heavy atom. The zero-order chi connectivity index (χ0) is 15.0. The number of hydrogen-bond acceptors (Lipinski definition) is 2. The summed E-state index contributed by atoms with van der Waals surface area (Å²) >= 11 is 6.05. The van der Waals surface area contributed by atoms with E-state index < -0.39 is 0 Å². The van der Waals surface area contributed by atoms with Crippen LogP contribution in [0, 0.1) is 5.82 Å². The molecular weight excluding hydrogens is 291 g/mol. The lowest BCUT2D eigenvalue weighted by atomic mass is 10.00. The van der Waals surface area contributed by atoms with Gasteiger partial charge < -0.3 is 10.6 Å². The molecule has 0 unspecified atom stereocenters. The van der Waals surface area contributed by atoms with Crippen LogP contribution in [0.3, 0.4) is 0 Å². The van der Waals surface area contributed by atoms with Crippen LogP contribution < -0.4 is 10.6 Å². The smallest absolute Gasteiger partial charge is 0.227 e. The number of nitrogens with two attached hydrogens (primary N) is 1. The van der Waals surface area contributed by atoms with Crippen molar-refractivity contribution < 1.29 is 9.18 Å². The Morgan fingerprint density at radius 2 is 2.00 bits per heavy atom. The number of halogens is 2. The van der Waals surface area contributed by atoms with Gasteiger partial charge in [0.25, 0.3) is 0 Å². The van der Waals surface area contributed by atoms with E-state index in [0.717, 1.165) is 16.8 Å². The number of amides is 1. The van der Waals surface area contributed by atoms with Gasteiger partial charge in [-0.25, -0.2) is 4.39 Å². The van der Waals surface area contributed by atoms with Crippen LogP contribution in [-0.2, 0) is 17.8 Å². The highest BCUT2D eigenvalue weighted by Gasteiger charge is 2.24. The minimum absolute atomic E-state index is 0.0349. The molecule has 1 heterocycles. The Bertz CT molecular complexity index is 717. The van der Waals surface area contributed by atoms with E-state index >= 15 is 0 Å². The fraction of sp³-hybridized carbons (Fsp3) is 0.188. The summed E-state index contributed by atoms with van der Waals surface area (Å²) < 4.78 is 13.1. The van der Waals surface area contributed by atoms with E-state index in [0.29, 0.717) is 30.1 Å². The Morgan fingerprint density at radius 3 is 2.76 bits per heavy atom. The normalized spacial score (nSPS) is 14.2. The first-order chi connectivity index (χ1) is 10.0. The van der Waals surface area contributed by atoms with Crippen LogP contribution in [0.15, 0.2) is 36.4 Å². The van der Waals surface area contributed by atoms with Gasteiger partial charge in [-0.2, -0.15) is 0 Å². The monoisotopic (exact) mass is 304 g/mol. The van der Waals surface area contributed by atoms with Gasteiger partial charge in [-0.3, -0.25) is 4.79 Å². The van der Waals surface area contributed by atoms with Crippen molar-refractivity contribution in [1.29, 1.82) is 0 Å². The molecule has 3 nitrogen and oxygen atoms in total. The summed E-state index contributed by atoms with van der Waals surface area (Å²) in [4.78, 5) is 13.9. The molecule has 0 saturated heterocycles. The van der Waals surface area contributed by atoms with E-state index in [9.17, 15) is 9.18 Å². The number of carbonyl (C=O) groups is 1. The highest BCUT2D eigenvalue weighted by molar-refractivity contribution is 6.31. The molecule has 108 valence electrons. The molecular formula is C16H14ClFN2O. The summed E-state index contributed by atoms with van der Waals surface area (Å²) in [5, 5.41) is 0.324. The number of rotatable bonds is 2. The van der Waals surface area contributed by atoms with Gasteiger partial charge in [0.2, 0.25) is 5.91 Å². The fourth-order valence-corrected chi connectivity index (χ4v) is 2.80. The highest BCUT2D eigenvalue weighted by atomic mass is 35.5. The average Bonchev–Trinajstić information content (AvgIpc) is 2.44. The van der Waals surface area contributed by atoms with Crippen molar-refractivity contribution in [3.05, 3.63) is 58.4 Å². The van der Waals surface area contributed by atoms with Gasteiger partial charge in [0.1, 0.15) is 5.82 Å². The predicted molar refractivity (Wildman–Crippen MR) is 81.8 cm³/mol.